The van der Waals surface area contributed by atoms with Crippen LogP contribution in [0.3, 0.4) is 0 Å². The molecule has 0 aliphatic rings. The van der Waals surface area contributed by atoms with E-state index in [2.05, 4.69) is 0 Å². The van der Waals surface area contributed by atoms with Crippen molar-refractivity contribution in [2.24, 2.45) is 0 Å². The summed E-state index contributed by atoms with van der Waals surface area (Å²) in [7, 11) is 0. The number of nitrogen functional groups attached to an aromatic ring is 1. The van der Waals surface area contributed by atoms with Crippen LogP contribution in [0.5, 0.6) is 0 Å². The van der Waals surface area contributed by atoms with Gasteiger partial charge in [0, 0.05) is 24.5 Å². The summed E-state index contributed by atoms with van der Waals surface area (Å²) in [4.78, 5) is 13.5. The van der Waals surface area contributed by atoms with E-state index in [-0.39, 0.29) is 11.7 Å². The van der Waals surface area contributed by atoms with Crippen molar-refractivity contribution in [2.75, 3.05) is 24.6 Å². The van der Waals surface area contributed by atoms with Crippen molar-refractivity contribution >= 4 is 23.4 Å². The van der Waals surface area contributed by atoms with E-state index < -0.39 is 0 Å². The van der Waals surface area contributed by atoms with E-state index in [1.54, 1.807) is 11.0 Å². The molecule has 0 aliphatic heterocycles. The molecule has 18 heavy (non-hydrogen) atoms. The molecule has 0 aromatic heterocycles. The minimum absolute atomic E-state index is 0.111. The molecule has 0 radical (unpaired) electrons. The maximum absolute atomic E-state index is 13.0. The Morgan fingerprint density at radius 1 is 1.39 bits per heavy atom. The molecule has 100 valence electrons. The van der Waals surface area contributed by atoms with Gasteiger partial charge in [0.1, 0.15) is 5.82 Å². The van der Waals surface area contributed by atoms with Crippen LogP contribution >= 0.6 is 11.8 Å². The highest BCUT2D eigenvalue weighted by molar-refractivity contribution is 7.99. The van der Waals surface area contributed by atoms with Crippen molar-refractivity contribution in [1.29, 1.82) is 0 Å². The van der Waals surface area contributed by atoms with Crippen LogP contribution in [0.4, 0.5) is 10.1 Å². The summed E-state index contributed by atoms with van der Waals surface area (Å²) in [5, 5.41) is 0. The highest BCUT2D eigenvalue weighted by atomic mass is 32.2. The zero-order valence-corrected chi connectivity index (χ0v) is 11.6. The second-order valence-corrected chi connectivity index (χ2v) is 4.89. The highest BCUT2D eigenvalue weighted by Crippen LogP contribution is 2.20. The Bertz CT molecular complexity index is 408. The number of thioether (sulfide) groups is 1. The van der Waals surface area contributed by atoms with Gasteiger partial charge in [-0.1, -0.05) is 0 Å². The molecule has 0 unspecified atom stereocenters. The summed E-state index contributed by atoms with van der Waals surface area (Å²) in [6.07, 6.45) is 0. The number of rotatable bonds is 6. The van der Waals surface area contributed by atoms with Crippen LogP contribution in [-0.2, 0) is 10.5 Å². The summed E-state index contributed by atoms with van der Waals surface area (Å²) in [6.45, 7) is 5.35. The second kappa shape index (κ2) is 7.26. The first kappa shape index (κ1) is 14.8. The van der Waals surface area contributed by atoms with Crippen LogP contribution < -0.4 is 5.73 Å². The summed E-state index contributed by atoms with van der Waals surface area (Å²) >= 11 is 1.46. The molecule has 1 rings (SSSR count). The van der Waals surface area contributed by atoms with Gasteiger partial charge >= 0.3 is 0 Å². The molecule has 0 fully saturated rings. The first-order valence-electron chi connectivity index (χ1n) is 5.97. The highest BCUT2D eigenvalue weighted by Gasteiger charge is 2.10. The largest absolute Gasteiger partial charge is 0.398 e. The monoisotopic (exact) mass is 270 g/mol. The zero-order valence-electron chi connectivity index (χ0n) is 10.8. The number of benzene rings is 1. The smallest absolute Gasteiger partial charge is 0.232 e. The Morgan fingerprint density at radius 3 is 2.67 bits per heavy atom. The number of nitrogens with zero attached hydrogens (tertiary/aromatic N) is 1. The molecule has 1 aromatic rings. The fraction of sp³-hybridized carbons (Fsp3) is 0.462. The summed E-state index contributed by atoms with van der Waals surface area (Å²) in [5.74, 6) is 0.767. The molecule has 0 bridgehead atoms. The number of carbonyl (C=O) groups is 1. The molecule has 0 atom stereocenters. The maximum atomic E-state index is 13.0. The van der Waals surface area contributed by atoms with Crippen LogP contribution in [0.2, 0.25) is 0 Å². The standard InChI is InChI=1S/C13H19FN2OS/c1-3-16(4-2)13(17)9-18-8-10-7-11(14)5-6-12(10)15/h5-7H,3-4,8-9,15H2,1-2H3. The van der Waals surface area contributed by atoms with Crippen molar-refractivity contribution in [3.63, 3.8) is 0 Å². The summed E-state index contributed by atoms with van der Waals surface area (Å²) in [6, 6.07) is 4.31. The van der Waals surface area contributed by atoms with E-state index in [4.69, 9.17) is 5.73 Å². The fourth-order valence-corrected chi connectivity index (χ4v) is 2.54. The third-order valence-corrected chi connectivity index (χ3v) is 3.67. The average Bonchev–Trinajstić information content (AvgIpc) is 2.35. The zero-order chi connectivity index (χ0) is 13.5. The molecular formula is C13H19FN2OS. The van der Waals surface area contributed by atoms with Gasteiger partial charge in [-0.2, -0.15) is 0 Å². The predicted molar refractivity (Wildman–Crippen MR) is 74.9 cm³/mol. The second-order valence-electron chi connectivity index (χ2n) is 3.90. The van der Waals surface area contributed by atoms with E-state index in [9.17, 15) is 9.18 Å². The van der Waals surface area contributed by atoms with Crippen LogP contribution in [0.1, 0.15) is 19.4 Å². The third-order valence-electron chi connectivity index (χ3n) is 2.70. The molecule has 1 aromatic carbocycles. The van der Waals surface area contributed by atoms with Gasteiger partial charge in [0.2, 0.25) is 5.91 Å². The maximum Gasteiger partial charge on any atom is 0.232 e. The van der Waals surface area contributed by atoms with Gasteiger partial charge in [-0.15, -0.1) is 11.8 Å². The van der Waals surface area contributed by atoms with E-state index in [1.165, 1.54) is 23.9 Å². The molecule has 1 amide bonds. The quantitative estimate of drug-likeness (QED) is 0.808. The lowest BCUT2D eigenvalue weighted by atomic mass is 10.2. The minimum atomic E-state index is -0.296. The molecule has 0 spiro atoms. The molecular weight excluding hydrogens is 251 g/mol. The summed E-state index contributed by atoms with van der Waals surface area (Å²) in [5.41, 5.74) is 7.05. The fourth-order valence-electron chi connectivity index (χ4n) is 1.62. The van der Waals surface area contributed by atoms with Gasteiger partial charge in [-0.25, -0.2) is 4.39 Å². The SMILES string of the molecule is CCN(CC)C(=O)CSCc1cc(F)ccc1N. The van der Waals surface area contributed by atoms with Gasteiger partial charge in [-0.3, -0.25) is 4.79 Å². The Balaban J connectivity index is 2.46. The van der Waals surface area contributed by atoms with Crippen molar-refractivity contribution in [1.82, 2.24) is 4.90 Å². The lowest BCUT2D eigenvalue weighted by Crippen LogP contribution is -2.31. The molecule has 0 aliphatic carbocycles. The molecule has 0 saturated heterocycles. The van der Waals surface area contributed by atoms with Crippen LogP contribution in [-0.4, -0.2) is 29.6 Å². The Hall–Kier alpha value is -1.23. The number of nitrogens with two attached hydrogens (primary N) is 1. The van der Waals surface area contributed by atoms with E-state index in [0.29, 0.717) is 17.2 Å². The van der Waals surface area contributed by atoms with Gasteiger partial charge in [0.15, 0.2) is 0 Å². The summed E-state index contributed by atoms with van der Waals surface area (Å²) < 4.78 is 13.0. The van der Waals surface area contributed by atoms with Crippen LogP contribution in [0.15, 0.2) is 18.2 Å². The van der Waals surface area contributed by atoms with Crippen molar-refractivity contribution in [2.45, 2.75) is 19.6 Å². The van der Waals surface area contributed by atoms with E-state index in [1.807, 2.05) is 13.8 Å². The lowest BCUT2D eigenvalue weighted by Gasteiger charge is -2.18. The van der Waals surface area contributed by atoms with Crippen LogP contribution in [0.25, 0.3) is 0 Å². The molecule has 3 nitrogen and oxygen atoms in total. The number of halogens is 1. The normalized spacial score (nSPS) is 10.4. The molecule has 0 saturated carbocycles. The van der Waals surface area contributed by atoms with E-state index >= 15 is 0 Å². The van der Waals surface area contributed by atoms with Crippen molar-refractivity contribution < 1.29 is 9.18 Å². The van der Waals surface area contributed by atoms with Crippen LogP contribution in [0, 0.1) is 5.82 Å². The first-order chi connectivity index (χ1) is 8.58. The number of anilines is 1. The van der Waals surface area contributed by atoms with E-state index in [0.717, 1.165) is 18.7 Å². The van der Waals surface area contributed by atoms with Crippen molar-refractivity contribution in [3.8, 4) is 0 Å². The topological polar surface area (TPSA) is 46.3 Å². The Labute approximate surface area is 112 Å². The number of amides is 1. The number of hydrogen-bond donors (Lipinski definition) is 1. The third kappa shape index (κ3) is 4.22. The van der Waals surface area contributed by atoms with Gasteiger partial charge in [-0.05, 0) is 37.6 Å². The van der Waals surface area contributed by atoms with Crippen molar-refractivity contribution in [3.05, 3.63) is 29.6 Å². The van der Waals surface area contributed by atoms with Gasteiger partial charge in [0.25, 0.3) is 0 Å². The first-order valence-corrected chi connectivity index (χ1v) is 7.13. The predicted octanol–water partition coefficient (Wildman–Crippen LogP) is 2.51. The van der Waals surface area contributed by atoms with Gasteiger partial charge < -0.3 is 10.6 Å². The molecule has 0 heterocycles. The average molecular weight is 270 g/mol. The molecule has 2 N–H and O–H groups in total. The lowest BCUT2D eigenvalue weighted by molar-refractivity contribution is -0.127. The molecule has 5 heteroatoms. The van der Waals surface area contributed by atoms with Gasteiger partial charge in [0.05, 0.1) is 5.75 Å². The Kier molecular flexibility index (Phi) is 5.98. The number of hydrogen-bond acceptors (Lipinski definition) is 3. The Morgan fingerprint density at radius 2 is 2.06 bits per heavy atom. The minimum Gasteiger partial charge on any atom is -0.398 e. The number of carbonyl (C=O) groups excluding carboxylic acids is 1.